The highest BCUT2D eigenvalue weighted by atomic mass is 19.1. The van der Waals surface area contributed by atoms with Gasteiger partial charge in [0, 0.05) is 17.2 Å². The SMILES string of the molecule is COc1c(F)cc2c(O)c(C=C3N=Nc4ccccc43)oc2c1CCC1CCNCC1. The van der Waals surface area contributed by atoms with Crippen molar-refractivity contribution >= 4 is 28.4 Å². The van der Waals surface area contributed by atoms with Gasteiger partial charge in [0.15, 0.2) is 23.1 Å². The largest absolute Gasteiger partial charge is 0.504 e. The summed E-state index contributed by atoms with van der Waals surface area (Å²) < 4.78 is 26.2. The fourth-order valence-electron chi connectivity index (χ4n) is 4.49. The predicted octanol–water partition coefficient (Wildman–Crippen LogP) is 5.81. The fraction of sp³-hybridized carbons (Fsp3) is 0.333. The van der Waals surface area contributed by atoms with Crippen molar-refractivity contribution in [3.05, 3.63) is 53.0 Å². The Morgan fingerprint density at radius 3 is 2.87 bits per heavy atom. The zero-order valence-corrected chi connectivity index (χ0v) is 17.3. The van der Waals surface area contributed by atoms with Crippen LogP contribution in [-0.4, -0.2) is 25.3 Å². The number of methoxy groups -OCH3 is 1. The summed E-state index contributed by atoms with van der Waals surface area (Å²) >= 11 is 0. The molecule has 2 N–H and O–H groups in total. The van der Waals surface area contributed by atoms with Crippen LogP contribution >= 0.6 is 0 Å². The van der Waals surface area contributed by atoms with Gasteiger partial charge in [0.25, 0.3) is 0 Å². The van der Waals surface area contributed by atoms with Crippen molar-refractivity contribution in [3.63, 3.8) is 0 Å². The first-order chi connectivity index (χ1) is 15.2. The van der Waals surface area contributed by atoms with Crippen LogP contribution in [0, 0.1) is 11.7 Å². The molecule has 160 valence electrons. The predicted molar refractivity (Wildman–Crippen MR) is 117 cm³/mol. The molecule has 3 heterocycles. The number of hydrogen-bond donors (Lipinski definition) is 2. The molecule has 2 aromatic carbocycles. The highest BCUT2D eigenvalue weighted by Crippen LogP contribution is 2.43. The summed E-state index contributed by atoms with van der Waals surface area (Å²) in [6, 6.07) is 8.85. The molecule has 2 aliphatic heterocycles. The normalized spacial score (nSPS) is 17.5. The third-order valence-electron chi connectivity index (χ3n) is 6.16. The maximum atomic E-state index is 14.8. The van der Waals surface area contributed by atoms with Crippen LogP contribution in [0.15, 0.2) is 45.0 Å². The number of fused-ring (bicyclic) bond motifs is 2. The van der Waals surface area contributed by atoms with E-state index in [1.165, 1.54) is 13.2 Å². The molecule has 6 nitrogen and oxygen atoms in total. The Kier molecular flexibility index (Phi) is 5.19. The quantitative estimate of drug-likeness (QED) is 0.545. The second kappa shape index (κ2) is 8.15. The average Bonchev–Trinajstić information content (AvgIpc) is 3.34. The number of rotatable bonds is 5. The minimum absolute atomic E-state index is 0.105. The zero-order chi connectivity index (χ0) is 21.4. The van der Waals surface area contributed by atoms with Crippen LogP contribution in [0.3, 0.4) is 0 Å². The van der Waals surface area contributed by atoms with Gasteiger partial charge in [-0.1, -0.05) is 18.2 Å². The van der Waals surface area contributed by atoms with E-state index >= 15 is 0 Å². The van der Waals surface area contributed by atoms with E-state index in [1.54, 1.807) is 6.08 Å². The van der Waals surface area contributed by atoms with Gasteiger partial charge in [-0.2, -0.15) is 0 Å². The second-order valence-corrected chi connectivity index (χ2v) is 8.04. The number of nitrogens with zero attached hydrogens (tertiary/aromatic N) is 2. The average molecular weight is 421 g/mol. The molecule has 7 heteroatoms. The lowest BCUT2D eigenvalue weighted by atomic mass is 9.90. The van der Waals surface area contributed by atoms with Crippen molar-refractivity contribution in [3.8, 4) is 11.5 Å². The molecule has 0 atom stereocenters. The van der Waals surface area contributed by atoms with Crippen molar-refractivity contribution in [1.82, 2.24) is 5.32 Å². The zero-order valence-electron chi connectivity index (χ0n) is 17.3. The first-order valence-electron chi connectivity index (χ1n) is 10.6. The van der Waals surface area contributed by atoms with E-state index in [2.05, 4.69) is 15.5 Å². The van der Waals surface area contributed by atoms with Gasteiger partial charge in [-0.25, -0.2) is 4.39 Å². The fourth-order valence-corrected chi connectivity index (χ4v) is 4.49. The number of benzene rings is 2. The van der Waals surface area contributed by atoms with Crippen molar-refractivity contribution < 1.29 is 18.7 Å². The Balaban J connectivity index is 1.55. The minimum Gasteiger partial charge on any atom is -0.504 e. The van der Waals surface area contributed by atoms with E-state index in [4.69, 9.17) is 9.15 Å². The van der Waals surface area contributed by atoms with Crippen molar-refractivity contribution in [2.24, 2.45) is 16.1 Å². The lowest BCUT2D eigenvalue weighted by molar-refractivity contribution is 0.347. The molecule has 0 spiro atoms. The Bertz CT molecular complexity index is 1190. The summed E-state index contributed by atoms with van der Waals surface area (Å²) in [5.41, 5.74) is 3.33. The lowest BCUT2D eigenvalue weighted by Gasteiger charge is -2.22. The highest BCUT2D eigenvalue weighted by Gasteiger charge is 2.24. The van der Waals surface area contributed by atoms with Crippen molar-refractivity contribution in [1.29, 1.82) is 0 Å². The molecule has 5 rings (SSSR count). The molecule has 1 aromatic heterocycles. The minimum atomic E-state index is -0.503. The third-order valence-corrected chi connectivity index (χ3v) is 6.16. The number of halogens is 1. The number of ether oxygens (including phenoxy) is 1. The molecule has 1 saturated heterocycles. The summed E-state index contributed by atoms with van der Waals surface area (Å²) in [6.45, 7) is 2.02. The molecule has 0 aliphatic carbocycles. The Labute approximate surface area is 179 Å². The van der Waals surface area contributed by atoms with Crippen LogP contribution in [0.1, 0.15) is 36.1 Å². The molecule has 0 unspecified atom stereocenters. The molecule has 0 bridgehead atoms. The smallest absolute Gasteiger partial charge is 0.172 e. The van der Waals surface area contributed by atoms with E-state index < -0.39 is 5.82 Å². The lowest BCUT2D eigenvalue weighted by Crippen LogP contribution is -2.27. The van der Waals surface area contributed by atoms with Gasteiger partial charge in [0.1, 0.15) is 5.58 Å². The van der Waals surface area contributed by atoms with Gasteiger partial charge < -0.3 is 19.6 Å². The number of azo groups is 1. The van der Waals surface area contributed by atoms with Gasteiger partial charge in [0.05, 0.1) is 23.9 Å². The molecule has 3 aromatic rings. The Morgan fingerprint density at radius 1 is 1.26 bits per heavy atom. The first kappa shape index (κ1) is 19.8. The molecular weight excluding hydrogens is 397 g/mol. The summed E-state index contributed by atoms with van der Waals surface area (Å²) in [7, 11) is 1.46. The van der Waals surface area contributed by atoms with E-state index in [9.17, 15) is 9.50 Å². The number of furan rings is 1. The van der Waals surface area contributed by atoms with E-state index in [0.717, 1.165) is 43.6 Å². The Morgan fingerprint density at radius 2 is 2.06 bits per heavy atom. The summed E-state index contributed by atoms with van der Waals surface area (Å²) in [5, 5.41) is 22.9. The first-order valence-corrected chi connectivity index (χ1v) is 10.6. The summed E-state index contributed by atoms with van der Waals surface area (Å²) in [4.78, 5) is 0. The van der Waals surface area contributed by atoms with Gasteiger partial charge in [-0.3, -0.25) is 0 Å². The topological polar surface area (TPSA) is 79.3 Å². The molecule has 31 heavy (non-hydrogen) atoms. The standard InChI is InChI=1S/C24H24FN3O3/c1-30-24-16(7-6-14-8-10-26-11-9-14)23-17(12-18(24)25)22(29)21(31-23)13-20-15-4-2-3-5-19(15)27-28-20/h2-5,12-14,26,29H,6-11H2,1H3. The van der Waals surface area contributed by atoms with E-state index in [0.29, 0.717) is 34.6 Å². The van der Waals surface area contributed by atoms with Crippen molar-refractivity contribution in [2.75, 3.05) is 20.2 Å². The number of hydrogen-bond acceptors (Lipinski definition) is 6. The molecular formula is C24H24FN3O3. The Hall–Kier alpha value is -3.19. The number of piperidine rings is 1. The van der Waals surface area contributed by atoms with Crippen LogP contribution in [0.2, 0.25) is 0 Å². The van der Waals surface area contributed by atoms with Crippen LogP contribution in [-0.2, 0) is 6.42 Å². The maximum absolute atomic E-state index is 14.8. The maximum Gasteiger partial charge on any atom is 0.172 e. The van der Waals surface area contributed by atoms with Gasteiger partial charge >= 0.3 is 0 Å². The molecule has 0 saturated carbocycles. The van der Waals surface area contributed by atoms with Gasteiger partial charge in [0.2, 0.25) is 0 Å². The molecule has 2 aliphatic rings. The van der Waals surface area contributed by atoms with Crippen LogP contribution < -0.4 is 10.1 Å². The van der Waals surface area contributed by atoms with Crippen LogP contribution in [0.25, 0.3) is 22.7 Å². The van der Waals surface area contributed by atoms with E-state index in [1.807, 2.05) is 24.3 Å². The summed E-state index contributed by atoms with van der Waals surface area (Å²) in [6.07, 6.45) is 5.38. The monoisotopic (exact) mass is 421 g/mol. The second-order valence-electron chi connectivity index (χ2n) is 8.04. The van der Waals surface area contributed by atoms with Gasteiger partial charge in [-0.05, 0) is 56.8 Å². The molecule has 0 amide bonds. The molecule has 0 radical (unpaired) electrons. The number of nitrogens with one attached hydrogen (secondary N) is 1. The highest BCUT2D eigenvalue weighted by molar-refractivity contribution is 5.95. The van der Waals surface area contributed by atoms with E-state index in [-0.39, 0.29) is 17.3 Å². The number of aromatic hydroxyl groups is 1. The van der Waals surface area contributed by atoms with Crippen LogP contribution in [0.5, 0.6) is 11.5 Å². The number of aryl methyl sites for hydroxylation is 1. The van der Waals surface area contributed by atoms with Crippen molar-refractivity contribution in [2.45, 2.75) is 25.7 Å². The third kappa shape index (κ3) is 3.59. The van der Waals surface area contributed by atoms with Crippen LogP contribution in [0.4, 0.5) is 10.1 Å². The van der Waals surface area contributed by atoms with Gasteiger partial charge in [-0.15, -0.1) is 10.2 Å². The summed E-state index contributed by atoms with van der Waals surface area (Å²) in [5.74, 6) is 0.379. The molecule has 1 fully saturated rings.